The van der Waals surface area contributed by atoms with Crippen molar-refractivity contribution in [1.82, 2.24) is 20.7 Å². The Kier molecular flexibility index (Phi) is 9.02. The summed E-state index contributed by atoms with van der Waals surface area (Å²) in [6.07, 6.45) is 0. The van der Waals surface area contributed by atoms with Crippen molar-refractivity contribution in [3.63, 3.8) is 0 Å². The van der Waals surface area contributed by atoms with Gasteiger partial charge in [-0.15, -0.1) is 0 Å². The lowest BCUT2D eigenvalue weighted by Crippen LogP contribution is -2.52. The van der Waals surface area contributed by atoms with Crippen molar-refractivity contribution in [3.8, 4) is 0 Å². The first-order valence-corrected chi connectivity index (χ1v) is 11.7. The smallest absolute Gasteiger partial charge is 0.315 e. The number of carbonyl (C=O) groups is 2. The van der Waals surface area contributed by atoms with Gasteiger partial charge in [-0.25, -0.2) is 17.9 Å². The SMILES string of the molecule is CNS(=O)(=O)Cc1ccc(CNC(=O)C(NC(=O)NCc2ccccc2)C(C)C)cc1. The lowest BCUT2D eigenvalue weighted by atomic mass is 10.0. The third-order valence-corrected chi connectivity index (χ3v) is 6.02. The molecule has 0 aliphatic carbocycles. The van der Waals surface area contributed by atoms with E-state index < -0.39 is 22.1 Å². The highest BCUT2D eigenvalue weighted by atomic mass is 32.2. The lowest BCUT2D eigenvalue weighted by molar-refractivity contribution is -0.124. The molecule has 168 valence electrons. The van der Waals surface area contributed by atoms with Gasteiger partial charge in [0.1, 0.15) is 6.04 Å². The minimum Gasteiger partial charge on any atom is -0.350 e. The molecule has 0 radical (unpaired) electrons. The van der Waals surface area contributed by atoms with Gasteiger partial charge < -0.3 is 16.0 Å². The van der Waals surface area contributed by atoms with E-state index in [1.807, 2.05) is 44.2 Å². The van der Waals surface area contributed by atoms with Gasteiger partial charge in [-0.05, 0) is 29.7 Å². The predicted molar refractivity (Wildman–Crippen MR) is 120 cm³/mol. The molecule has 0 heterocycles. The molecule has 0 aliphatic rings. The Labute approximate surface area is 183 Å². The van der Waals surface area contributed by atoms with Crippen molar-refractivity contribution in [1.29, 1.82) is 0 Å². The Morgan fingerprint density at radius 3 is 1.97 bits per heavy atom. The van der Waals surface area contributed by atoms with Crippen molar-refractivity contribution >= 4 is 22.0 Å². The number of urea groups is 1. The fraction of sp³-hybridized carbons (Fsp3) is 0.364. The molecule has 1 atom stereocenters. The highest BCUT2D eigenvalue weighted by molar-refractivity contribution is 7.88. The molecule has 0 bridgehead atoms. The molecule has 2 aromatic carbocycles. The summed E-state index contributed by atoms with van der Waals surface area (Å²) >= 11 is 0. The molecule has 8 nitrogen and oxygen atoms in total. The van der Waals surface area contributed by atoms with Crippen LogP contribution in [-0.2, 0) is 33.7 Å². The second-order valence-corrected chi connectivity index (χ2v) is 9.46. The summed E-state index contributed by atoms with van der Waals surface area (Å²) in [7, 11) is -1.96. The van der Waals surface area contributed by atoms with Crippen molar-refractivity contribution < 1.29 is 18.0 Å². The molecule has 0 spiro atoms. The average Bonchev–Trinajstić information content (AvgIpc) is 2.75. The van der Waals surface area contributed by atoms with Crippen LogP contribution in [0.3, 0.4) is 0 Å². The maximum atomic E-state index is 12.6. The van der Waals surface area contributed by atoms with Crippen LogP contribution in [0.1, 0.15) is 30.5 Å². The van der Waals surface area contributed by atoms with E-state index in [4.69, 9.17) is 0 Å². The molecule has 31 heavy (non-hydrogen) atoms. The minimum atomic E-state index is -3.33. The molecular weight excluding hydrogens is 416 g/mol. The van der Waals surface area contributed by atoms with E-state index in [0.29, 0.717) is 12.1 Å². The van der Waals surface area contributed by atoms with Gasteiger partial charge in [-0.2, -0.15) is 0 Å². The first-order chi connectivity index (χ1) is 14.7. The summed E-state index contributed by atoms with van der Waals surface area (Å²) in [5.74, 6) is -0.489. The quantitative estimate of drug-likeness (QED) is 0.446. The van der Waals surface area contributed by atoms with E-state index in [1.165, 1.54) is 7.05 Å². The monoisotopic (exact) mass is 446 g/mol. The predicted octanol–water partition coefficient (Wildman–Crippen LogP) is 1.88. The fourth-order valence-electron chi connectivity index (χ4n) is 2.85. The van der Waals surface area contributed by atoms with Gasteiger partial charge in [0, 0.05) is 13.1 Å². The summed E-state index contributed by atoms with van der Waals surface area (Å²) in [5, 5.41) is 8.31. The zero-order valence-electron chi connectivity index (χ0n) is 18.0. The molecule has 0 aliphatic heterocycles. The highest BCUT2D eigenvalue weighted by Gasteiger charge is 2.23. The highest BCUT2D eigenvalue weighted by Crippen LogP contribution is 2.09. The van der Waals surface area contributed by atoms with Crippen LogP contribution in [0.5, 0.6) is 0 Å². The van der Waals surface area contributed by atoms with Gasteiger partial charge in [0.05, 0.1) is 5.75 Å². The molecule has 0 aromatic heterocycles. The average molecular weight is 447 g/mol. The van der Waals surface area contributed by atoms with E-state index in [0.717, 1.165) is 11.1 Å². The van der Waals surface area contributed by atoms with Crippen LogP contribution in [0.4, 0.5) is 4.79 Å². The van der Waals surface area contributed by atoms with Crippen LogP contribution in [0, 0.1) is 5.92 Å². The molecule has 4 N–H and O–H groups in total. The van der Waals surface area contributed by atoms with Gasteiger partial charge >= 0.3 is 6.03 Å². The zero-order valence-corrected chi connectivity index (χ0v) is 18.8. The maximum Gasteiger partial charge on any atom is 0.315 e. The van der Waals surface area contributed by atoms with E-state index in [-0.39, 0.29) is 24.1 Å². The second-order valence-electron chi connectivity index (χ2n) is 7.53. The zero-order chi connectivity index (χ0) is 22.9. The fourth-order valence-corrected chi connectivity index (χ4v) is 3.63. The Balaban J connectivity index is 1.86. The number of carbonyl (C=O) groups excluding carboxylic acids is 2. The normalized spacial score (nSPS) is 12.3. The Hall–Kier alpha value is -2.91. The standard InChI is InChI=1S/C22H30N4O4S/c1-16(2)20(26-22(28)25-14-17-7-5-4-6-8-17)21(27)24-13-18-9-11-19(12-10-18)15-31(29,30)23-3/h4-12,16,20,23H,13-15H2,1-3H3,(H,24,27)(H2,25,26,28). The van der Waals surface area contributed by atoms with Crippen LogP contribution in [0.15, 0.2) is 54.6 Å². The van der Waals surface area contributed by atoms with Crippen LogP contribution in [-0.4, -0.2) is 33.4 Å². The number of sulfonamides is 1. The van der Waals surface area contributed by atoms with Gasteiger partial charge in [0.2, 0.25) is 15.9 Å². The molecule has 0 saturated carbocycles. The first kappa shape index (κ1) is 24.4. The third kappa shape index (κ3) is 8.39. The number of amides is 3. The van der Waals surface area contributed by atoms with Gasteiger partial charge in [0.25, 0.3) is 0 Å². The number of hydrogen-bond acceptors (Lipinski definition) is 4. The molecule has 2 rings (SSSR count). The molecule has 0 fully saturated rings. The van der Waals surface area contributed by atoms with Crippen molar-refractivity contribution in [3.05, 3.63) is 71.3 Å². The summed E-state index contributed by atoms with van der Waals surface area (Å²) in [5.41, 5.74) is 2.45. The van der Waals surface area contributed by atoms with Crippen LogP contribution < -0.4 is 20.7 Å². The summed E-state index contributed by atoms with van der Waals surface area (Å²) in [4.78, 5) is 24.8. The summed E-state index contributed by atoms with van der Waals surface area (Å²) < 4.78 is 25.5. The molecular formula is C22H30N4O4S. The number of rotatable bonds is 10. The number of nitrogens with one attached hydrogen (secondary N) is 4. The second kappa shape index (κ2) is 11.5. The van der Waals surface area contributed by atoms with E-state index in [1.54, 1.807) is 24.3 Å². The molecule has 1 unspecified atom stereocenters. The minimum absolute atomic E-state index is 0.100. The van der Waals surface area contributed by atoms with Gasteiger partial charge in [-0.3, -0.25) is 4.79 Å². The Bertz CT molecular complexity index is 961. The molecule has 2 aromatic rings. The van der Waals surface area contributed by atoms with Crippen molar-refractivity contribution in [2.75, 3.05) is 7.05 Å². The maximum absolute atomic E-state index is 12.6. The van der Waals surface area contributed by atoms with E-state index in [2.05, 4.69) is 20.7 Å². The van der Waals surface area contributed by atoms with Crippen LogP contribution >= 0.6 is 0 Å². The first-order valence-electron chi connectivity index (χ1n) is 10.0. The molecule has 0 saturated heterocycles. The number of hydrogen-bond donors (Lipinski definition) is 4. The largest absolute Gasteiger partial charge is 0.350 e. The van der Waals surface area contributed by atoms with Gasteiger partial charge in [0.15, 0.2) is 0 Å². The Morgan fingerprint density at radius 2 is 1.39 bits per heavy atom. The van der Waals surface area contributed by atoms with E-state index >= 15 is 0 Å². The van der Waals surface area contributed by atoms with Crippen molar-refractivity contribution in [2.45, 2.75) is 38.7 Å². The van der Waals surface area contributed by atoms with Crippen molar-refractivity contribution in [2.24, 2.45) is 5.92 Å². The van der Waals surface area contributed by atoms with Crippen LogP contribution in [0.2, 0.25) is 0 Å². The van der Waals surface area contributed by atoms with E-state index in [9.17, 15) is 18.0 Å². The topological polar surface area (TPSA) is 116 Å². The lowest BCUT2D eigenvalue weighted by Gasteiger charge is -2.22. The Morgan fingerprint density at radius 1 is 0.839 bits per heavy atom. The van der Waals surface area contributed by atoms with Crippen LogP contribution in [0.25, 0.3) is 0 Å². The summed E-state index contributed by atoms with van der Waals surface area (Å²) in [6, 6.07) is 15.4. The summed E-state index contributed by atoms with van der Waals surface area (Å²) in [6.45, 7) is 4.36. The van der Waals surface area contributed by atoms with Gasteiger partial charge in [-0.1, -0.05) is 68.4 Å². The molecule has 9 heteroatoms. The number of benzene rings is 2. The third-order valence-electron chi connectivity index (χ3n) is 4.69. The molecule has 3 amide bonds.